The summed E-state index contributed by atoms with van der Waals surface area (Å²) >= 11 is 0. The van der Waals surface area contributed by atoms with E-state index in [-0.39, 0.29) is 11.8 Å². The molecule has 0 fully saturated rings. The Hall–Kier alpha value is -1.82. The molecule has 1 aromatic rings. The molecule has 0 saturated carbocycles. The van der Waals surface area contributed by atoms with Crippen LogP contribution in [0.5, 0.6) is 0 Å². The van der Waals surface area contributed by atoms with Crippen LogP contribution < -0.4 is 10.0 Å². The Morgan fingerprint density at radius 2 is 1.90 bits per heavy atom. The van der Waals surface area contributed by atoms with Gasteiger partial charge in [-0.05, 0) is 31.4 Å². The van der Waals surface area contributed by atoms with Crippen molar-refractivity contribution in [2.45, 2.75) is 19.3 Å². The lowest BCUT2D eigenvalue weighted by Gasteiger charge is -2.18. The highest BCUT2D eigenvalue weighted by Gasteiger charge is 2.19. The number of hydrogen-bond acceptors (Lipinski definition) is 3. The molecule has 1 aliphatic rings. The second-order valence-electron chi connectivity index (χ2n) is 4.89. The van der Waals surface area contributed by atoms with E-state index in [9.17, 15) is 13.2 Å². The van der Waals surface area contributed by atoms with Crippen molar-refractivity contribution >= 4 is 27.3 Å². The van der Waals surface area contributed by atoms with Gasteiger partial charge in [0.15, 0.2) is 0 Å². The van der Waals surface area contributed by atoms with Gasteiger partial charge in [0, 0.05) is 5.92 Å². The van der Waals surface area contributed by atoms with Gasteiger partial charge in [0.2, 0.25) is 15.9 Å². The van der Waals surface area contributed by atoms with Crippen molar-refractivity contribution in [1.29, 1.82) is 0 Å². The fourth-order valence-electron chi connectivity index (χ4n) is 2.15. The molecular weight excluding hydrogens is 276 g/mol. The molecule has 1 amide bonds. The van der Waals surface area contributed by atoms with Crippen LogP contribution in [-0.2, 0) is 14.8 Å². The summed E-state index contributed by atoms with van der Waals surface area (Å²) in [6.45, 7) is 0. The van der Waals surface area contributed by atoms with Gasteiger partial charge in [-0.1, -0.05) is 24.3 Å². The van der Waals surface area contributed by atoms with E-state index in [4.69, 9.17) is 0 Å². The van der Waals surface area contributed by atoms with E-state index in [0.717, 1.165) is 25.5 Å². The third-order valence-electron chi connectivity index (χ3n) is 3.12. The smallest absolute Gasteiger partial charge is 0.229 e. The van der Waals surface area contributed by atoms with Crippen LogP contribution in [0.4, 0.5) is 11.4 Å². The number of para-hydroxylation sites is 2. The molecule has 108 valence electrons. The molecule has 0 bridgehead atoms. The predicted octanol–water partition coefficient (Wildman–Crippen LogP) is 2.35. The van der Waals surface area contributed by atoms with E-state index in [2.05, 4.69) is 16.1 Å². The first-order valence-corrected chi connectivity index (χ1v) is 8.37. The first-order chi connectivity index (χ1) is 9.46. The van der Waals surface area contributed by atoms with Crippen molar-refractivity contribution in [2.24, 2.45) is 5.92 Å². The number of amides is 1. The Bertz CT molecular complexity index is 623. The molecule has 1 aromatic carbocycles. The van der Waals surface area contributed by atoms with E-state index < -0.39 is 10.0 Å². The van der Waals surface area contributed by atoms with Gasteiger partial charge in [0.1, 0.15) is 0 Å². The summed E-state index contributed by atoms with van der Waals surface area (Å²) in [6.07, 6.45) is 7.62. The standard InChI is InChI=1S/C14H18N2O3S/c1-20(18,19)16-13-10-6-5-9-12(13)15-14(17)11-7-3-2-4-8-11/h2-3,5-6,9-11,16H,4,7-8H2,1H3,(H,15,17). The maximum Gasteiger partial charge on any atom is 0.229 e. The topological polar surface area (TPSA) is 75.3 Å². The predicted molar refractivity (Wildman–Crippen MR) is 80.0 cm³/mol. The van der Waals surface area contributed by atoms with Crippen molar-refractivity contribution in [3.63, 3.8) is 0 Å². The zero-order valence-corrected chi connectivity index (χ0v) is 12.1. The van der Waals surface area contributed by atoms with Crippen molar-refractivity contribution in [1.82, 2.24) is 0 Å². The summed E-state index contributed by atoms with van der Waals surface area (Å²) in [4.78, 5) is 12.2. The summed E-state index contributed by atoms with van der Waals surface area (Å²) < 4.78 is 25.0. The molecule has 1 aliphatic carbocycles. The minimum absolute atomic E-state index is 0.0497. The van der Waals surface area contributed by atoms with Gasteiger partial charge in [-0.15, -0.1) is 0 Å². The van der Waals surface area contributed by atoms with Crippen molar-refractivity contribution in [3.8, 4) is 0 Å². The zero-order chi connectivity index (χ0) is 14.6. The number of nitrogens with one attached hydrogen (secondary N) is 2. The van der Waals surface area contributed by atoms with Crippen LogP contribution in [0, 0.1) is 5.92 Å². The Morgan fingerprint density at radius 1 is 1.20 bits per heavy atom. The van der Waals surface area contributed by atoms with Gasteiger partial charge in [0.05, 0.1) is 17.6 Å². The largest absolute Gasteiger partial charge is 0.324 e. The van der Waals surface area contributed by atoms with Gasteiger partial charge in [-0.2, -0.15) is 0 Å². The minimum Gasteiger partial charge on any atom is -0.324 e. The number of rotatable bonds is 4. The van der Waals surface area contributed by atoms with Crippen LogP contribution in [0.3, 0.4) is 0 Å². The summed E-state index contributed by atoms with van der Waals surface area (Å²) in [5.74, 6) is -0.122. The van der Waals surface area contributed by atoms with Gasteiger partial charge >= 0.3 is 0 Å². The molecule has 20 heavy (non-hydrogen) atoms. The third-order valence-corrected chi connectivity index (χ3v) is 3.71. The van der Waals surface area contributed by atoms with Crippen LogP contribution in [0.25, 0.3) is 0 Å². The molecule has 1 atom stereocenters. The van der Waals surface area contributed by atoms with Crippen LogP contribution >= 0.6 is 0 Å². The molecule has 0 spiro atoms. The molecule has 0 aromatic heterocycles. The highest BCUT2D eigenvalue weighted by Crippen LogP contribution is 2.25. The fraction of sp³-hybridized carbons (Fsp3) is 0.357. The number of carbonyl (C=O) groups is 1. The summed E-state index contributed by atoms with van der Waals surface area (Å²) in [7, 11) is -3.37. The van der Waals surface area contributed by atoms with Crippen molar-refractivity contribution in [3.05, 3.63) is 36.4 Å². The molecular formula is C14H18N2O3S. The average molecular weight is 294 g/mol. The van der Waals surface area contributed by atoms with Crippen LogP contribution in [0.1, 0.15) is 19.3 Å². The third kappa shape index (κ3) is 4.09. The normalized spacial score (nSPS) is 18.6. The number of benzene rings is 1. The van der Waals surface area contributed by atoms with Crippen LogP contribution in [0.15, 0.2) is 36.4 Å². The lowest BCUT2D eigenvalue weighted by atomic mass is 9.93. The lowest BCUT2D eigenvalue weighted by molar-refractivity contribution is -0.120. The maximum absolute atomic E-state index is 12.2. The number of allylic oxidation sites excluding steroid dienone is 2. The van der Waals surface area contributed by atoms with E-state index in [1.54, 1.807) is 24.3 Å². The molecule has 5 nitrogen and oxygen atoms in total. The number of hydrogen-bond donors (Lipinski definition) is 2. The quantitative estimate of drug-likeness (QED) is 0.837. The second-order valence-corrected chi connectivity index (χ2v) is 6.64. The highest BCUT2D eigenvalue weighted by atomic mass is 32.2. The molecule has 0 saturated heterocycles. The van der Waals surface area contributed by atoms with Gasteiger partial charge in [0.25, 0.3) is 0 Å². The average Bonchev–Trinajstić information content (AvgIpc) is 2.40. The Labute approximate surface area is 119 Å². The highest BCUT2D eigenvalue weighted by molar-refractivity contribution is 7.92. The first-order valence-electron chi connectivity index (χ1n) is 6.48. The summed E-state index contributed by atoms with van der Waals surface area (Å²) in [6, 6.07) is 6.78. The van der Waals surface area contributed by atoms with Gasteiger partial charge in [-0.3, -0.25) is 9.52 Å². The maximum atomic E-state index is 12.2. The fourth-order valence-corrected chi connectivity index (χ4v) is 2.72. The van der Waals surface area contributed by atoms with E-state index >= 15 is 0 Å². The molecule has 2 N–H and O–H groups in total. The molecule has 0 aliphatic heterocycles. The first kappa shape index (κ1) is 14.6. The Morgan fingerprint density at radius 3 is 2.50 bits per heavy atom. The number of anilines is 2. The van der Waals surface area contributed by atoms with Crippen molar-refractivity contribution in [2.75, 3.05) is 16.3 Å². The molecule has 2 rings (SSSR count). The zero-order valence-electron chi connectivity index (χ0n) is 11.3. The van der Waals surface area contributed by atoms with Crippen LogP contribution in [-0.4, -0.2) is 20.6 Å². The molecule has 1 unspecified atom stereocenters. The molecule has 0 radical (unpaired) electrons. The van der Waals surface area contributed by atoms with E-state index in [0.29, 0.717) is 11.4 Å². The summed E-state index contributed by atoms with van der Waals surface area (Å²) in [5.41, 5.74) is 0.868. The van der Waals surface area contributed by atoms with Crippen LogP contribution in [0.2, 0.25) is 0 Å². The Balaban J connectivity index is 2.12. The second kappa shape index (κ2) is 6.09. The SMILES string of the molecule is CS(=O)(=O)Nc1ccccc1NC(=O)C1CC=CCC1. The van der Waals surface area contributed by atoms with E-state index in [1.165, 1.54) is 0 Å². The van der Waals surface area contributed by atoms with E-state index in [1.807, 2.05) is 6.08 Å². The number of sulfonamides is 1. The summed E-state index contributed by atoms with van der Waals surface area (Å²) in [5, 5.41) is 2.80. The monoisotopic (exact) mass is 294 g/mol. The van der Waals surface area contributed by atoms with Gasteiger partial charge < -0.3 is 5.32 Å². The van der Waals surface area contributed by atoms with Crippen molar-refractivity contribution < 1.29 is 13.2 Å². The van der Waals surface area contributed by atoms with Gasteiger partial charge in [-0.25, -0.2) is 8.42 Å². The lowest BCUT2D eigenvalue weighted by Crippen LogP contribution is -2.24. The molecule has 6 heteroatoms. The minimum atomic E-state index is -3.37. The Kier molecular flexibility index (Phi) is 4.44. The number of carbonyl (C=O) groups excluding carboxylic acids is 1. The molecule has 0 heterocycles.